The maximum atomic E-state index is 12.8. The Balaban J connectivity index is 1.98. The number of nitrogens with one attached hydrogen (secondary N) is 1. The zero-order chi connectivity index (χ0) is 22.3. The van der Waals surface area contributed by atoms with Crippen LogP contribution in [0.5, 0.6) is 0 Å². The minimum absolute atomic E-state index is 0.320. The molecule has 5 nitrogen and oxygen atoms in total. The van der Waals surface area contributed by atoms with Gasteiger partial charge in [0.1, 0.15) is 6.04 Å². The number of benzene rings is 2. The molecule has 0 aliphatic heterocycles. The number of hydrogen-bond acceptors (Lipinski definition) is 4. The average Bonchev–Trinajstić information content (AvgIpc) is 2.67. The van der Waals surface area contributed by atoms with Gasteiger partial charge in [0.15, 0.2) is 0 Å². The lowest BCUT2D eigenvalue weighted by molar-refractivity contribution is -0.122. The number of halogens is 2. The van der Waals surface area contributed by atoms with Gasteiger partial charge in [0.25, 0.3) is 0 Å². The van der Waals surface area contributed by atoms with E-state index in [4.69, 9.17) is 23.2 Å². The van der Waals surface area contributed by atoms with Gasteiger partial charge in [0, 0.05) is 28.1 Å². The molecule has 1 atom stereocenters. The number of hydrogen-bond donors (Lipinski definition) is 1. The summed E-state index contributed by atoms with van der Waals surface area (Å²) < 4.78 is 26.1. The molecular weight excluding hydrogens is 463 g/mol. The third-order valence-corrected chi connectivity index (χ3v) is 7.35. The number of carbonyl (C=O) groups is 1. The van der Waals surface area contributed by atoms with Crippen molar-refractivity contribution in [3.05, 3.63) is 63.6 Å². The quantitative estimate of drug-likeness (QED) is 0.483. The van der Waals surface area contributed by atoms with E-state index in [1.54, 1.807) is 49.0 Å². The Morgan fingerprint density at radius 2 is 1.73 bits per heavy atom. The number of amides is 1. The molecule has 0 spiro atoms. The zero-order valence-corrected chi connectivity index (χ0v) is 20.3. The summed E-state index contributed by atoms with van der Waals surface area (Å²) in [5, 5.41) is 4.09. The number of carbonyl (C=O) groups excluding carboxylic acids is 1. The van der Waals surface area contributed by atoms with Crippen LogP contribution in [0.4, 0.5) is 5.69 Å². The minimum Gasteiger partial charge on any atom is -0.353 e. The van der Waals surface area contributed by atoms with E-state index in [2.05, 4.69) is 5.32 Å². The second-order valence-corrected chi connectivity index (χ2v) is 10.6. The van der Waals surface area contributed by atoms with Crippen molar-refractivity contribution < 1.29 is 13.2 Å². The minimum atomic E-state index is -3.63. The van der Waals surface area contributed by atoms with E-state index in [-0.39, 0.29) is 5.91 Å². The van der Waals surface area contributed by atoms with Crippen LogP contribution in [0, 0.1) is 6.92 Å². The Kier molecular flexibility index (Phi) is 9.34. The van der Waals surface area contributed by atoms with Crippen LogP contribution in [0.15, 0.2) is 42.5 Å². The van der Waals surface area contributed by atoms with E-state index < -0.39 is 16.1 Å². The average molecular weight is 489 g/mol. The molecule has 2 aromatic carbocycles. The fourth-order valence-electron chi connectivity index (χ4n) is 2.96. The van der Waals surface area contributed by atoms with Crippen molar-refractivity contribution in [2.24, 2.45) is 0 Å². The summed E-state index contributed by atoms with van der Waals surface area (Å²) in [7, 11) is -3.63. The van der Waals surface area contributed by atoms with E-state index in [1.807, 2.05) is 19.1 Å². The lowest BCUT2D eigenvalue weighted by atomic mass is 10.1. The Labute approximate surface area is 193 Å². The smallest absolute Gasteiger partial charge is 0.243 e. The van der Waals surface area contributed by atoms with Crippen molar-refractivity contribution in [3.8, 4) is 0 Å². The van der Waals surface area contributed by atoms with Gasteiger partial charge in [-0.1, -0.05) is 53.9 Å². The molecule has 0 saturated carbocycles. The van der Waals surface area contributed by atoms with Crippen LogP contribution in [-0.2, 0) is 20.6 Å². The lowest BCUT2D eigenvalue weighted by Gasteiger charge is -2.30. The summed E-state index contributed by atoms with van der Waals surface area (Å²) in [5.74, 6) is 0.956. The third kappa shape index (κ3) is 6.80. The zero-order valence-electron chi connectivity index (χ0n) is 17.2. The molecule has 0 aromatic heterocycles. The topological polar surface area (TPSA) is 66.5 Å². The second-order valence-electron chi connectivity index (χ2n) is 6.86. The molecule has 0 bridgehead atoms. The van der Waals surface area contributed by atoms with Crippen LogP contribution >= 0.6 is 35.0 Å². The number of anilines is 1. The van der Waals surface area contributed by atoms with Gasteiger partial charge >= 0.3 is 0 Å². The Bertz CT molecular complexity index is 946. The van der Waals surface area contributed by atoms with Crippen LogP contribution in [0.1, 0.15) is 24.5 Å². The number of aryl methyl sites for hydroxylation is 1. The first-order chi connectivity index (χ1) is 14.1. The Morgan fingerprint density at radius 3 is 2.27 bits per heavy atom. The summed E-state index contributed by atoms with van der Waals surface area (Å²) in [6, 6.07) is 11.7. The molecule has 0 heterocycles. The summed E-state index contributed by atoms with van der Waals surface area (Å²) in [6.45, 7) is 4.13. The van der Waals surface area contributed by atoms with Gasteiger partial charge in [-0.25, -0.2) is 8.42 Å². The van der Waals surface area contributed by atoms with E-state index in [0.717, 1.165) is 17.4 Å². The van der Waals surface area contributed by atoms with Gasteiger partial charge < -0.3 is 5.32 Å². The van der Waals surface area contributed by atoms with Crippen LogP contribution in [-0.4, -0.2) is 38.9 Å². The molecule has 0 aliphatic carbocycles. The maximum Gasteiger partial charge on any atom is 0.243 e. The van der Waals surface area contributed by atoms with Crippen molar-refractivity contribution in [2.45, 2.75) is 32.1 Å². The molecule has 164 valence electrons. The summed E-state index contributed by atoms with van der Waals surface area (Å²) >= 11 is 13.9. The molecule has 0 fully saturated rings. The molecule has 0 radical (unpaired) electrons. The van der Waals surface area contributed by atoms with Gasteiger partial charge in [-0.3, -0.25) is 9.10 Å². The van der Waals surface area contributed by atoms with E-state index in [0.29, 0.717) is 40.2 Å². The molecular formula is C21H26Cl2N2O3S2. The molecule has 2 rings (SSSR count). The highest BCUT2D eigenvalue weighted by Crippen LogP contribution is 2.28. The van der Waals surface area contributed by atoms with Gasteiger partial charge in [-0.2, -0.15) is 11.8 Å². The van der Waals surface area contributed by atoms with Gasteiger partial charge in [0.05, 0.1) is 11.9 Å². The summed E-state index contributed by atoms with van der Waals surface area (Å²) in [5.41, 5.74) is 2.36. The molecule has 9 heteroatoms. The van der Waals surface area contributed by atoms with Crippen molar-refractivity contribution in [3.63, 3.8) is 0 Å². The van der Waals surface area contributed by atoms with Crippen molar-refractivity contribution in [2.75, 3.05) is 22.9 Å². The van der Waals surface area contributed by atoms with Crippen LogP contribution in [0.3, 0.4) is 0 Å². The van der Waals surface area contributed by atoms with Crippen molar-refractivity contribution >= 4 is 56.6 Å². The van der Waals surface area contributed by atoms with E-state index >= 15 is 0 Å². The van der Waals surface area contributed by atoms with E-state index in [1.165, 1.54) is 4.31 Å². The number of rotatable bonds is 10. The molecule has 1 amide bonds. The molecule has 2 aromatic rings. The molecule has 0 aliphatic rings. The monoisotopic (exact) mass is 488 g/mol. The molecule has 0 unspecified atom stereocenters. The summed E-state index contributed by atoms with van der Waals surface area (Å²) in [4.78, 5) is 12.8. The third-order valence-electron chi connectivity index (χ3n) is 4.47. The largest absolute Gasteiger partial charge is 0.353 e. The van der Waals surface area contributed by atoms with Crippen molar-refractivity contribution in [1.82, 2.24) is 5.32 Å². The first-order valence-corrected chi connectivity index (χ1v) is 13.3. The normalized spacial score (nSPS) is 12.4. The fraction of sp³-hybridized carbons (Fsp3) is 0.381. The highest BCUT2D eigenvalue weighted by atomic mass is 35.5. The first-order valence-electron chi connectivity index (χ1n) is 9.49. The molecule has 1 N–H and O–H groups in total. The Hall–Kier alpha value is -1.41. The van der Waals surface area contributed by atoms with Crippen molar-refractivity contribution in [1.29, 1.82) is 0 Å². The number of thioether (sulfide) groups is 1. The predicted octanol–water partition coefficient (Wildman–Crippen LogP) is 4.90. The maximum absolute atomic E-state index is 12.8. The summed E-state index contributed by atoms with van der Waals surface area (Å²) in [6.07, 6.45) is 1.47. The van der Waals surface area contributed by atoms with Gasteiger partial charge in [-0.15, -0.1) is 0 Å². The molecule has 30 heavy (non-hydrogen) atoms. The number of sulfonamides is 1. The predicted molar refractivity (Wildman–Crippen MR) is 128 cm³/mol. The molecule has 0 saturated heterocycles. The van der Waals surface area contributed by atoms with Gasteiger partial charge in [0.2, 0.25) is 15.9 Å². The second kappa shape index (κ2) is 11.3. The fourth-order valence-corrected chi connectivity index (χ4v) is 5.77. The van der Waals surface area contributed by atoms with Crippen LogP contribution in [0.2, 0.25) is 10.0 Å². The standard InChI is InChI=1S/C21H26Cl2N2O3S2/c1-4-20(25(30(3,27)28)16-10-8-15(2)9-11-16)21(26)24-12-13-29-14-17-18(22)6-5-7-19(17)23/h5-11,20H,4,12-14H2,1-3H3,(H,24,26)/t20-/m1/s1. The number of nitrogens with zero attached hydrogens (tertiary/aromatic N) is 1. The first kappa shape index (κ1) is 24.9. The highest BCUT2D eigenvalue weighted by Gasteiger charge is 2.31. The van der Waals surface area contributed by atoms with Crippen LogP contribution < -0.4 is 9.62 Å². The van der Waals surface area contributed by atoms with Gasteiger partial charge in [-0.05, 0) is 43.2 Å². The van der Waals surface area contributed by atoms with Crippen LogP contribution in [0.25, 0.3) is 0 Å². The highest BCUT2D eigenvalue weighted by molar-refractivity contribution is 7.98. The lowest BCUT2D eigenvalue weighted by Crippen LogP contribution is -2.49. The van der Waals surface area contributed by atoms with E-state index in [9.17, 15) is 13.2 Å². The SMILES string of the molecule is CC[C@H](C(=O)NCCSCc1c(Cl)cccc1Cl)N(c1ccc(C)cc1)S(C)(=O)=O. The Morgan fingerprint density at radius 1 is 1.13 bits per heavy atom.